The molecule has 0 bridgehead atoms. The highest BCUT2D eigenvalue weighted by molar-refractivity contribution is 9.10. The zero-order chi connectivity index (χ0) is 13.8. The van der Waals surface area contributed by atoms with E-state index < -0.39 is 0 Å². The van der Waals surface area contributed by atoms with Crippen molar-refractivity contribution < 1.29 is 4.79 Å². The molecule has 0 saturated carbocycles. The van der Waals surface area contributed by atoms with Crippen molar-refractivity contribution in [2.24, 2.45) is 11.1 Å². The Morgan fingerprint density at radius 3 is 2.72 bits per heavy atom. The molecule has 0 fully saturated rings. The molecule has 3 nitrogen and oxygen atoms in total. The van der Waals surface area contributed by atoms with E-state index >= 15 is 0 Å². The van der Waals surface area contributed by atoms with Crippen LogP contribution in [-0.2, 0) is 11.2 Å². The van der Waals surface area contributed by atoms with E-state index in [1.165, 1.54) is 4.88 Å². The van der Waals surface area contributed by atoms with E-state index in [2.05, 4.69) is 35.8 Å². The lowest BCUT2D eigenvalue weighted by Gasteiger charge is -2.29. The van der Waals surface area contributed by atoms with E-state index in [-0.39, 0.29) is 11.3 Å². The number of rotatable bonds is 6. The number of thiophene rings is 1. The van der Waals surface area contributed by atoms with Crippen molar-refractivity contribution >= 4 is 33.2 Å². The maximum atomic E-state index is 12.0. The summed E-state index contributed by atoms with van der Waals surface area (Å²) in [5.41, 5.74) is 5.66. The molecule has 0 spiro atoms. The molecule has 5 heteroatoms. The largest absolute Gasteiger partial charge is 0.345 e. The van der Waals surface area contributed by atoms with Crippen molar-refractivity contribution in [2.45, 2.75) is 26.7 Å². The summed E-state index contributed by atoms with van der Waals surface area (Å²) in [7, 11) is 1.85. The smallest absolute Gasteiger partial charge is 0.222 e. The van der Waals surface area contributed by atoms with Gasteiger partial charge in [-0.15, -0.1) is 11.3 Å². The number of hydrogen-bond donors (Lipinski definition) is 1. The molecule has 0 atom stereocenters. The van der Waals surface area contributed by atoms with Crippen molar-refractivity contribution in [1.82, 2.24) is 4.90 Å². The quantitative estimate of drug-likeness (QED) is 0.870. The van der Waals surface area contributed by atoms with Gasteiger partial charge < -0.3 is 10.6 Å². The molecule has 1 heterocycles. The van der Waals surface area contributed by atoms with Gasteiger partial charge in [-0.3, -0.25) is 4.79 Å². The van der Waals surface area contributed by atoms with E-state index in [4.69, 9.17) is 5.73 Å². The Morgan fingerprint density at radius 1 is 1.56 bits per heavy atom. The summed E-state index contributed by atoms with van der Waals surface area (Å²) in [6.07, 6.45) is 1.37. The molecule has 2 N–H and O–H groups in total. The fourth-order valence-electron chi connectivity index (χ4n) is 1.70. The molecule has 1 amide bonds. The molecule has 0 saturated heterocycles. The zero-order valence-corrected chi connectivity index (χ0v) is 13.6. The lowest BCUT2D eigenvalue weighted by molar-refractivity contribution is -0.131. The van der Waals surface area contributed by atoms with Crippen LogP contribution >= 0.6 is 27.3 Å². The lowest BCUT2D eigenvalue weighted by Crippen LogP contribution is -2.39. The molecule has 0 aliphatic carbocycles. The first kappa shape index (κ1) is 15.7. The minimum absolute atomic E-state index is 0.0175. The van der Waals surface area contributed by atoms with Crippen LogP contribution in [0.15, 0.2) is 15.9 Å². The van der Waals surface area contributed by atoms with Crippen LogP contribution in [0.2, 0.25) is 0 Å². The minimum Gasteiger partial charge on any atom is -0.345 e. The Labute approximate surface area is 121 Å². The Hall–Kier alpha value is -0.390. The molecule has 1 aromatic rings. The SMILES string of the molecule is CN(CC(C)(C)CN)C(=O)CCc1cc(Br)cs1. The first-order valence-corrected chi connectivity index (χ1v) is 7.68. The van der Waals surface area contributed by atoms with Crippen molar-refractivity contribution in [3.05, 3.63) is 20.8 Å². The summed E-state index contributed by atoms with van der Waals surface area (Å²) in [6, 6.07) is 2.07. The van der Waals surface area contributed by atoms with Crippen molar-refractivity contribution in [3.63, 3.8) is 0 Å². The third-order valence-electron chi connectivity index (χ3n) is 2.85. The second-order valence-electron chi connectivity index (χ2n) is 5.35. The predicted octanol–water partition coefficient (Wildman–Crippen LogP) is 2.89. The van der Waals surface area contributed by atoms with Gasteiger partial charge in [0.15, 0.2) is 0 Å². The molecule has 0 unspecified atom stereocenters. The molecule has 0 radical (unpaired) electrons. The molecule has 18 heavy (non-hydrogen) atoms. The van der Waals surface area contributed by atoms with Crippen LogP contribution in [0.3, 0.4) is 0 Å². The van der Waals surface area contributed by atoms with Crippen molar-refractivity contribution in [3.8, 4) is 0 Å². The van der Waals surface area contributed by atoms with E-state index in [1.807, 2.05) is 12.4 Å². The molecule has 102 valence electrons. The van der Waals surface area contributed by atoms with E-state index in [9.17, 15) is 4.79 Å². The summed E-state index contributed by atoms with van der Waals surface area (Å²) in [6.45, 7) is 5.44. The molecule has 1 aromatic heterocycles. The van der Waals surface area contributed by atoms with E-state index in [0.717, 1.165) is 10.9 Å². The first-order chi connectivity index (χ1) is 8.34. The monoisotopic (exact) mass is 332 g/mol. The third kappa shape index (κ3) is 5.08. The van der Waals surface area contributed by atoms with E-state index in [1.54, 1.807) is 16.2 Å². The average molecular weight is 333 g/mol. The first-order valence-electron chi connectivity index (χ1n) is 6.01. The zero-order valence-electron chi connectivity index (χ0n) is 11.2. The number of amides is 1. The standard InChI is InChI=1S/C13H21BrN2OS/c1-13(2,8-15)9-16(3)12(17)5-4-11-6-10(14)7-18-11/h6-7H,4-5,8-9,15H2,1-3H3. The number of nitrogens with zero attached hydrogens (tertiary/aromatic N) is 1. The van der Waals surface area contributed by atoms with Crippen LogP contribution in [-0.4, -0.2) is 30.9 Å². The predicted molar refractivity (Wildman–Crippen MR) is 80.8 cm³/mol. The highest BCUT2D eigenvalue weighted by atomic mass is 79.9. The molecule has 0 aliphatic rings. The number of carbonyl (C=O) groups excluding carboxylic acids is 1. The van der Waals surface area contributed by atoms with Gasteiger partial charge >= 0.3 is 0 Å². The van der Waals surface area contributed by atoms with Crippen LogP contribution in [0.25, 0.3) is 0 Å². The van der Waals surface area contributed by atoms with Crippen LogP contribution in [0.4, 0.5) is 0 Å². The van der Waals surface area contributed by atoms with Crippen LogP contribution in [0.5, 0.6) is 0 Å². The highest BCUT2D eigenvalue weighted by Crippen LogP contribution is 2.21. The van der Waals surface area contributed by atoms with E-state index in [0.29, 0.717) is 19.5 Å². The minimum atomic E-state index is -0.0175. The van der Waals surface area contributed by atoms with Gasteiger partial charge in [-0.1, -0.05) is 13.8 Å². The van der Waals surface area contributed by atoms with Gasteiger partial charge in [0.25, 0.3) is 0 Å². The third-order valence-corrected chi connectivity index (χ3v) is 4.61. The lowest BCUT2D eigenvalue weighted by atomic mass is 9.93. The Morgan fingerprint density at radius 2 is 2.22 bits per heavy atom. The van der Waals surface area contributed by atoms with Crippen molar-refractivity contribution in [1.29, 1.82) is 0 Å². The highest BCUT2D eigenvalue weighted by Gasteiger charge is 2.20. The Bertz CT molecular complexity index is 403. The van der Waals surface area contributed by atoms with Gasteiger partial charge in [0, 0.05) is 34.7 Å². The Balaban J connectivity index is 2.41. The maximum absolute atomic E-state index is 12.0. The summed E-state index contributed by atoms with van der Waals surface area (Å²) >= 11 is 5.10. The number of aryl methyl sites for hydroxylation is 1. The summed E-state index contributed by atoms with van der Waals surface area (Å²) in [4.78, 5) is 15.0. The van der Waals surface area contributed by atoms with Gasteiger partial charge in [0.05, 0.1) is 0 Å². The number of carbonyl (C=O) groups is 1. The van der Waals surface area contributed by atoms with Crippen LogP contribution in [0, 0.1) is 5.41 Å². The average Bonchev–Trinajstić information content (AvgIpc) is 2.71. The number of halogens is 1. The Kier molecular flexibility index (Phi) is 5.82. The van der Waals surface area contributed by atoms with Gasteiger partial charge in [-0.2, -0.15) is 0 Å². The fourth-order valence-corrected chi connectivity index (χ4v) is 3.16. The summed E-state index contributed by atoms with van der Waals surface area (Å²) < 4.78 is 1.09. The maximum Gasteiger partial charge on any atom is 0.222 e. The second kappa shape index (κ2) is 6.68. The van der Waals surface area contributed by atoms with Gasteiger partial charge in [-0.05, 0) is 40.4 Å². The normalized spacial score (nSPS) is 11.6. The summed E-state index contributed by atoms with van der Waals surface area (Å²) in [5, 5.41) is 2.04. The molecular formula is C13H21BrN2OS. The molecular weight excluding hydrogens is 312 g/mol. The number of hydrogen-bond acceptors (Lipinski definition) is 3. The van der Waals surface area contributed by atoms with Crippen LogP contribution in [0.1, 0.15) is 25.1 Å². The van der Waals surface area contributed by atoms with Gasteiger partial charge in [0.1, 0.15) is 0 Å². The molecule has 0 aromatic carbocycles. The number of nitrogens with two attached hydrogens (primary N) is 1. The summed E-state index contributed by atoms with van der Waals surface area (Å²) in [5.74, 6) is 0.182. The van der Waals surface area contributed by atoms with Crippen LogP contribution < -0.4 is 5.73 Å². The fraction of sp³-hybridized carbons (Fsp3) is 0.615. The molecule has 0 aliphatic heterocycles. The van der Waals surface area contributed by atoms with Crippen molar-refractivity contribution in [2.75, 3.05) is 20.1 Å². The van der Waals surface area contributed by atoms with Gasteiger partial charge in [0.2, 0.25) is 5.91 Å². The van der Waals surface area contributed by atoms with Gasteiger partial charge in [-0.25, -0.2) is 0 Å². The second-order valence-corrected chi connectivity index (χ2v) is 7.26. The molecule has 1 rings (SSSR count). The topological polar surface area (TPSA) is 46.3 Å².